The van der Waals surface area contributed by atoms with E-state index in [4.69, 9.17) is 54.4 Å². The molecule has 6 aromatic carbocycles. The Balaban J connectivity index is 0.000000184. The first kappa shape index (κ1) is 42.2. The quantitative estimate of drug-likeness (QED) is 0.0786. The van der Waals surface area contributed by atoms with Gasteiger partial charge in [-0.3, -0.25) is 0 Å². The Morgan fingerprint density at radius 3 is 1.64 bits per heavy atom. The number of furan rings is 1. The summed E-state index contributed by atoms with van der Waals surface area (Å²) in [5, 5.41) is 39.9. The molecule has 0 amide bonds. The maximum absolute atomic E-state index is 9.76. The lowest BCUT2D eigenvalue weighted by Crippen LogP contribution is -2.29. The third-order valence-corrected chi connectivity index (χ3v) is 11.9. The van der Waals surface area contributed by atoms with Gasteiger partial charge in [0, 0.05) is 29.8 Å². The van der Waals surface area contributed by atoms with Crippen molar-refractivity contribution in [3.8, 4) is 22.6 Å². The molecule has 0 aliphatic rings. The molecule has 0 bridgehead atoms. The second-order valence-electron chi connectivity index (χ2n) is 9.93. The summed E-state index contributed by atoms with van der Waals surface area (Å²) in [4.78, 5) is 0. The van der Waals surface area contributed by atoms with Crippen molar-refractivity contribution in [3.63, 3.8) is 0 Å². The van der Waals surface area contributed by atoms with Crippen molar-refractivity contribution in [2.45, 2.75) is 7.43 Å². The summed E-state index contributed by atoms with van der Waals surface area (Å²) in [6.07, 6.45) is 0. The second-order valence-corrected chi connectivity index (χ2v) is 14.7. The number of aromatic hydroxyl groups is 2. The van der Waals surface area contributed by atoms with Gasteiger partial charge in [-0.15, -0.1) is 0 Å². The average Bonchev–Trinajstić information content (AvgIpc) is 3.50. The largest absolute Gasteiger partial charge is 0.507 e. The molecule has 0 aliphatic heterocycles. The zero-order valence-electron chi connectivity index (χ0n) is 25.0. The van der Waals surface area contributed by atoms with Crippen molar-refractivity contribution in [2.75, 3.05) is 0 Å². The number of hydrogen-bond donors (Lipinski definition) is 4. The van der Waals surface area contributed by atoms with Crippen LogP contribution in [0.25, 0.3) is 33.1 Å². The summed E-state index contributed by atoms with van der Waals surface area (Å²) in [7, 11) is -1.34. The number of para-hydroxylation sites is 1. The van der Waals surface area contributed by atoms with E-state index in [0.717, 1.165) is 40.9 Å². The van der Waals surface area contributed by atoms with Crippen molar-refractivity contribution in [1.29, 1.82) is 0 Å². The number of benzene rings is 6. The molecule has 4 N–H and O–H groups in total. The van der Waals surface area contributed by atoms with Crippen molar-refractivity contribution in [2.24, 2.45) is 0 Å². The molecule has 0 fully saturated rings. The molecule has 0 unspecified atom stereocenters. The van der Waals surface area contributed by atoms with Crippen LogP contribution in [0.4, 0.5) is 0 Å². The second kappa shape index (κ2) is 20.1. The third-order valence-electron chi connectivity index (χ3n) is 6.68. The standard InChI is InChI=1S/C12H6BrClO.C12H8BrClO.C6H7BO2.C6H3BrClIO.CH4/c13-8-5-6-10-11(12(8)14)7-3-1-2-4-9(7)15-10;13-9-6-7-10(15)11(12(9)14)8-4-2-1-3-5-8;8-7(9)6-4-2-1-3-5-6;7-3-1-2-4(10)6(9)5(3)8;/h1-6H;1-7,15H;1-5,8-9H;1-2,10H;1H4. The highest BCUT2D eigenvalue weighted by Crippen LogP contribution is 2.40. The van der Waals surface area contributed by atoms with Crippen LogP contribution in [0.1, 0.15) is 7.43 Å². The van der Waals surface area contributed by atoms with E-state index in [1.165, 1.54) is 0 Å². The summed E-state index contributed by atoms with van der Waals surface area (Å²) in [6.45, 7) is 0. The summed E-state index contributed by atoms with van der Waals surface area (Å²) < 4.78 is 8.83. The van der Waals surface area contributed by atoms with Gasteiger partial charge in [0.2, 0.25) is 0 Å². The molecule has 0 aliphatic carbocycles. The van der Waals surface area contributed by atoms with Crippen LogP contribution < -0.4 is 5.46 Å². The average molecular weight is 1040 g/mol. The normalized spacial score (nSPS) is 10.1. The Morgan fingerprint density at radius 1 is 0.560 bits per heavy atom. The molecule has 7 aromatic rings. The predicted octanol–water partition coefficient (Wildman–Crippen LogP) is 12.9. The van der Waals surface area contributed by atoms with Gasteiger partial charge in [-0.2, -0.15) is 0 Å². The van der Waals surface area contributed by atoms with Gasteiger partial charge in [-0.05, 0) is 124 Å². The zero-order valence-corrected chi connectivity index (χ0v) is 34.2. The van der Waals surface area contributed by atoms with Crippen LogP contribution in [0, 0.1) is 3.57 Å². The van der Waals surface area contributed by atoms with E-state index in [1.54, 1.807) is 48.5 Å². The number of halogens is 7. The van der Waals surface area contributed by atoms with E-state index in [-0.39, 0.29) is 18.9 Å². The summed E-state index contributed by atoms with van der Waals surface area (Å²) in [5.41, 5.74) is 3.78. The lowest BCUT2D eigenvalue weighted by molar-refractivity contribution is 0.425. The van der Waals surface area contributed by atoms with Crippen LogP contribution in [-0.2, 0) is 0 Å². The van der Waals surface area contributed by atoms with E-state index in [1.807, 2.05) is 95.4 Å². The fourth-order valence-corrected chi connectivity index (χ4v) is 6.83. The van der Waals surface area contributed by atoms with Gasteiger partial charge in [-0.1, -0.05) is 121 Å². The SMILES string of the molecule is C.Clc1c(Br)ccc2oc3ccccc3c12.OB(O)c1ccccc1.Oc1ccc(Br)c(Cl)c1-c1ccccc1.Oc1ccc(Br)c(Cl)c1I. The van der Waals surface area contributed by atoms with E-state index >= 15 is 0 Å². The summed E-state index contributed by atoms with van der Waals surface area (Å²) in [6, 6.07) is 36.6. The minimum Gasteiger partial charge on any atom is -0.507 e. The highest BCUT2D eigenvalue weighted by atomic mass is 127. The lowest BCUT2D eigenvalue weighted by atomic mass is 9.81. The van der Waals surface area contributed by atoms with Gasteiger partial charge in [0.15, 0.2) is 0 Å². The van der Waals surface area contributed by atoms with Crippen molar-refractivity contribution in [1.82, 2.24) is 0 Å². The van der Waals surface area contributed by atoms with Gasteiger partial charge in [0.1, 0.15) is 22.7 Å². The molecule has 1 aromatic heterocycles. The molecule has 0 radical (unpaired) electrons. The smallest absolute Gasteiger partial charge is 0.488 e. The first-order valence-electron chi connectivity index (χ1n) is 14.1. The number of rotatable bonds is 2. The van der Waals surface area contributed by atoms with E-state index in [9.17, 15) is 5.11 Å². The highest BCUT2D eigenvalue weighted by molar-refractivity contribution is 14.1. The van der Waals surface area contributed by atoms with Crippen LogP contribution in [-0.4, -0.2) is 27.4 Å². The molecule has 7 rings (SSSR count). The zero-order chi connectivity index (χ0) is 35.7. The predicted molar refractivity (Wildman–Crippen MR) is 229 cm³/mol. The number of hydrogen-bond acceptors (Lipinski definition) is 5. The number of phenolic OH excluding ortho intramolecular Hbond substituents is 2. The number of fused-ring (bicyclic) bond motifs is 3. The Labute approximate surface area is 344 Å². The maximum atomic E-state index is 9.76. The molecule has 0 spiro atoms. The Kier molecular flexibility index (Phi) is 17.0. The molecular weight excluding hydrogens is 1010 g/mol. The first-order valence-corrected chi connectivity index (χ1v) is 18.7. The van der Waals surface area contributed by atoms with Gasteiger partial charge in [0.05, 0.1) is 18.6 Å². The maximum Gasteiger partial charge on any atom is 0.488 e. The Morgan fingerprint density at radius 2 is 1.06 bits per heavy atom. The Hall–Kier alpha value is -2.26. The molecule has 0 saturated heterocycles. The van der Waals surface area contributed by atoms with Crippen LogP contribution in [0.15, 0.2) is 139 Å². The summed E-state index contributed by atoms with van der Waals surface area (Å²) in [5.74, 6) is 0.406. The van der Waals surface area contributed by atoms with Crippen molar-refractivity contribution >= 4 is 140 Å². The number of phenols is 2. The fraction of sp³-hybridized carbons (Fsp3) is 0.0270. The molecular formula is C37H28BBr3Cl3IO5. The van der Waals surface area contributed by atoms with Gasteiger partial charge in [-0.25, -0.2) is 0 Å². The highest BCUT2D eigenvalue weighted by Gasteiger charge is 2.13. The van der Waals surface area contributed by atoms with E-state index in [2.05, 4.69) is 47.8 Å². The molecule has 258 valence electrons. The third kappa shape index (κ3) is 10.9. The minimum atomic E-state index is -1.34. The molecule has 0 atom stereocenters. The van der Waals surface area contributed by atoms with Crippen LogP contribution in [0.2, 0.25) is 15.1 Å². The monoisotopic (exact) mass is 1030 g/mol. The van der Waals surface area contributed by atoms with Crippen molar-refractivity contribution in [3.05, 3.63) is 153 Å². The molecule has 13 heteroatoms. The van der Waals surface area contributed by atoms with Gasteiger partial charge < -0.3 is 24.7 Å². The molecule has 0 saturated carbocycles. The van der Waals surface area contributed by atoms with Crippen LogP contribution in [0.5, 0.6) is 11.5 Å². The van der Waals surface area contributed by atoms with E-state index < -0.39 is 7.12 Å². The van der Waals surface area contributed by atoms with Crippen LogP contribution >= 0.6 is 105 Å². The minimum absolute atomic E-state index is 0. The first-order chi connectivity index (χ1) is 23.4. The van der Waals surface area contributed by atoms with E-state index in [0.29, 0.717) is 29.7 Å². The van der Waals surface area contributed by atoms with Gasteiger partial charge >= 0.3 is 7.12 Å². The van der Waals surface area contributed by atoms with Crippen LogP contribution in [0.3, 0.4) is 0 Å². The molecule has 50 heavy (non-hydrogen) atoms. The Bertz CT molecular complexity index is 2150. The topological polar surface area (TPSA) is 94.1 Å². The van der Waals surface area contributed by atoms with Gasteiger partial charge in [0.25, 0.3) is 0 Å². The summed E-state index contributed by atoms with van der Waals surface area (Å²) >= 11 is 30.1. The molecule has 5 nitrogen and oxygen atoms in total. The molecule has 1 heterocycles. The lowest BCUT2D eigenvalue weighted by Gasteiger charge is -2.08. The fourth-order valence-electron chi connectivity index (χ4n) is 4.31. The van der Waals surface area contributed by atoms with Crippen molar-refractivity contribution < 1.29 is 24.7 Å².